The molecule has 0 bridgehead atoms. The number of β-amino-alcohol motifs (C(OH)–C–C–N with tert-alkyl or cyclic N) is 1. The van der Waals surface area contributed by atoms with Crippen molar-refractivity contribution in [2.24, 2.45) is 0 Å². The Kier molecular flexibility index (Phi) is 8.19. The van der Waals surface area contributed by atoms with E-state index in [1.54, 1.807) is 0 Å². The topological polar surface area (TPSA) is 35.9 Å². The second-order valence-electron chi connectivity index (χ2n) is 7.88. The number of alkyl halides is 1. The molecular weight excluding hydrogens is 367 g/mol. The molecular formula is C21H32ClFN2O2. The molecule has 0 radical (unpaired) electrons. The van der Waals surface area contributed by atoms with Crippen molar-refractivity contribution in [3.63, 3.8) is 0 Å². The molecule has 1 aromatic carbocycles. The molecule has 2 aliphatic rings. The van der Waals surface area contributed by atoms with Crippen LogP contribution in [0, 0.1) is 0 Å². The maximum Gasteiger partial charge on any atom is 0.124 e. The predicted octanol–water partition coefficient (Wildman–Crippen LogP) is 3.89. The van der Waals surface area contributed by atoms with Gasteiger partial charge in [-0.15, -0.1) is 0 Å². The van der Waals surface area contributed by atoms with Gasteiger partial charge in [0.15, 0.2) is 0 Å². The Morgan fingerprint density at radius 3 is 2.48 bits per heavy atom. The smallest absolute Gasteiger partial charge is 0.124 e. The fraction of sp³-hybridized carbons (Fsp3) is 0.714. The van der Waals surface area contributed by atoms with Gasteiger partial charge < -0.3 is 14.7 Å². The summed E-state index contributed by atoms with van der Waals surface area (Å²) >= 11 is 6.17. The van der Waals surface area contributed by atoms with E-state index in [1.165, 1.54) is 25.7 Å². The molecule has 0 aromatic heterocycles. The Hall–Kier alpha value is -0.880. The number of ether oxygens (including phenoxy) is 1. The average molecular weight is 399 g/mol. The summed E-state index contributed by atoms with van der Waals surface area (Å²) in [5, 5.41) is 11.1. The number of likely N-dealkylation sites (tertiary alicyclic amines) is 2. The minimum atomic E-state index is -0.675. The van der Waals surface area contributed by atoms with Crippen molar-refractivity contribution < 1.29 is 14.2 Å². The van der Waals surface area contributed by atoms with Crippen LogP contribution in [0.1, 0.15) is 44.1 Å². The Balaban J connectivity index is 1.52. The third-order valence-corrected chi connectivity index (χ3v) is 5.77. The van der Waals surface area contributed by atoms with E-state index in [4.69, 9.17) is 16.3 Å². The molecule has 152 valence electrons. The average Bonchev–Trinajstić information content (AvgIpc) is 2.91. The van der Waals surface area contributed by atoms with E-state index in [0.29, 0.717) is 31.0 Å². The lowest BCUT2D eigenvalue weighted by atomic mass is 10.1. The zero-order chi connectivity index (χ0) is 19.1. The summed E-state index contributed by atoms with van der Waals surface area (Å²) < 4.78 is 19.3. The number of piperidine rings is 1. The monoisotopic (exact) mass is 398 g/mol. The lowest BCUT2D eigenvalue weighted by Gasteiger charge is -2.29. The van der Waals surface area contributed by atoms with Gasteiger partial charge in [-0.2, -0.15) is 0 Å². The van der Waals surface area contributed by atoms with Crippen molar-refractivity contribution in [2.45, 2.75) is 57.3 Å². The highest BCUT2D eigenvalue weighted by Gasteiger charge is 2.20. The van der Waals surface area contributed by atoms with Gasteiger partial charge in [0, 0.05) is 36.8 Å². The SMILES string of the molecule is O[C@@H](COc1ccc(Cl)cc1CN1CCC(F)CC1)CN1CCCCCC1. The summed E-state index contributed by atoms with van der Waals surface area (Å²) in [6.45, 7) is 5.27. The molecule has 1 N–H and O–H groups in total. The molecule has 0 spiro atoms. The first kappa shape index (κ1) is 20.8. The standard InChI is InChI=1S/C21H32ClFN2O2/c22-18-5-6-21(17(13-18)14-25-11-7-19(23)8-12-25)27-16-20(26)15-24-9-3-1-2-4-10-24/h5-6,13,19-20,26H,1-4,7-12,14-16H2/t20-/m1/s1. The van der Waals surface area contributed by atoms with E-state index in [9.17, 15) is 9.50 Å². The lowest BCUT2D eigenvalue weighted by Crippen LogP contribution is -2.36. The van der Waals surface area contributed by atoms with Crippen LogP contribution >= 0.6 is 11.6 Å². The number of aliphatic hydroxyl groups is 1. The molecule has 6 heteroatoms. The van der Waals surface area contributed by atoms with Crippen LogP contribution in [0.4, 0.5) is 4.39 Å². The normalized spacial score (nSPS) is 21.7. The highest BCUT2D eigenvalue weighted by molar-refractivity contribution is 6.30. The van der Waals surface area contributed by atoms with Crippen LogP contribution in [0.3, 0.4) is 0 Å². The molecule has 0 aliphatic carbocycles. The van der Waals surface area contributed by atoms with Gasteiger partial charge in [-0.3, -0.25) is 4.90 Å². The minimum Gasteiger partial charge on any atom is -0.491 e. The number of rotatable bonds is 7. The Bertz CT molecular complexity index is 573. The number of hydrogen-bond donors (Lipinski definition) is 1. The molecule has 3 rings (SSSR count). The quantitative estimate of drug-likeness (QED) is 0.755. The van der Waals surface area contributed by atoms with Crippen molar-refractivity contribution in [1.82, 2.24) is 9.80 Å². The van der Waals surface area contributed by atoms with Gasteiger partial charge in [0.1, 0.15) is 24.6 Å². The summed E-state index contributed by atoms with van der Waals surface area (Å²) in [7, 11) is 0. The number of aliphatic hydroxyl groups excluding tert-OH is 1. The van der Waals surface area contributed by atoms with Crippen molar-refractivity contribution >= 4 is 11.6 Å². The summed E-state index contributed by atoms with van der Waals surface area (Å²) in [4.78, 5) is 4.58. The molecule has 2 saturated heterocycles. The number of hydrogen-bond acceptors (Lipinski definition) is 4. The van der Waals surface area contributed by atoms with Crippen LogP contribution in [0.2, 0.25) is 5.02 Å². The number of nitrogens with zero attached hydrogens (tertiary/aromatic N) is 2. The van der Waals surface area contributed by atoms with Gasteiger partial charge in [-0.05, 0) is 57.0 Å². The highest BCUT2D eigenvalue weighted by atomic mass is 35.5. The lowest BCUT2D eigenvalue weighted by molar-refractivity contribution is 0.0684. The van der Waals surface area contributed by atoms with E-state index in [2.05, 4.69) is 9.80 Å². The fourth-order valence-corrected chi connectivity index (χ4v) is 4.16. The van der Waals surface area contributed by atoms with Crippen LogP contribution in [0.25, 0.3) is 0 Å². The Morgan fingerprint density at radius 2 is 1.78 bits per heavy atom. The van der Waals surface area contributed by atoms with E-state index in [-0.39, 0.29) is 6.61 Å². The van der Waals surface area contributed by atoms with Gasteiger partial charge in [-0.1, -0.05) is 24.4 Å². The van der Waals surface area contributed by atoms with E-state index in [1.807, 2.05) is 18.2 Å². The largest absolute Gasteiger partial charge is 0.491 e. The molecule has 1 atom stereocenters. The van der Waals surface area contributed by atoms with Gasteiger partial charge in [0.2, 0.25) is 0 Å². The van der Waals surface area contributed by atoms with E-state index in [0.717, 1.165) is 37.5 Å². The molecule has 2 heterocycles. The molecule has 0 saturated carbocycles. The maximum absolute atomic E-state index is 13.4. The number of halogens is 2. The molecule has 2 fully saturated rings. The van der Waals surface area contributed by atoms with Gasteiger partial charge in [0.25, 0.3) is 0 Å². The van der Waals surface area contributed by atoms with Crippen LogP contribution in [-0.2, 0) is 6.54 Å². The first-order chi connectivity index (χ1) is 13.1. The summed E-state index contributed by atoms with van der Waals surface area (Å²) in [5.74, 6) is 0.761. The van der Waals surface area contributed by atoms with Crippen molar-refractivity contribution in [2.75, 3.05) is 39.3 Å². The second kappa shape index (κ2) is 10.6. The van der Waals surface area contributed by atoms with Crippen molar-refractivity contribution in [1.29, 1.82) is 0 Å². The Labute approximate surface area is 167 Å². The first-order valence-corrected chi connectivity index (χ1v) is 10.7. The van der Waals surface area contributed by atoms with Gasteiger partial charge in [-0.25, -0.2) is 4.39 Å². The zero-order valence-electron chi connectivity index (χ0n) is 16.1. The van der Waals surface area contributed by atoms with Crippen LogP contribution in [0.15, 0.2) is 18.2 Å². The molecule has 4 nitrogen and oxygen atoms in total. The summed E-state index contributed by atoms with van der Waals surface area (Å²) in [6.07, 6.45) is 5.00. The predicted molar refractivity (Wildman–Crippen MR) is 107 cm³/mol. The second-order valence-corrected chi connectivity index (χ2v) is 8.32. The van der Waals surface area contributed by atoms with Gasteiger partial charge >= 0.3 is 0 Å². The van der Waals surface area contributed by atoms with Crippen molar-refractivity contribution in [3.05, 3.63) is 28.8 Å². The summed E-state index contributed by atoms with van der Waals surface area (Å²) in [6, 6.07) is 5.60. The Morgan fingerprint density at radius 1 is 1.07 bits per heavy atom. The van der Waals surface area contributed by atoms with Gasteiger partial charge in [0.05, 0.1) is 0 Å². The molecule has 2 aliphatic heterocycles. The highest BCUT2D eigenvalue weighted by Crippen LogP contribution is 2.26. The molecule has 27 heavy (non-hydrogen) atoms. The van der Waals surface area contributed by atoms with Crippen molar-refractivity contribution in [3.8, 4) is 5.75 Å². The van der Waals surface area contributed by atoms with Crippen LogP contribution in [0.5, 0.6) is 5.75 Å². The third-order valence-electron chi connectivity index (χ3n) is 5.53. The fourth-order valence-electron chi connectivity index (χ4n) is 3.97. The number of benzene rings is 1. The molecule has 1 aromatic rings. The molecule has 0 unspecified atom stereocenters. The zero-order valence-corrected chi connectivity index (χ0v) is 16.8. The van der Waals surface area contributed by atoms with Crippen LogP contribution in [-0.4, -0.2) is 66.5 Å². The minimum absolute atomic E-state index is 0.275. The summed E-state index contributed by atoms with van der Waals surface area (Å²) in [5.41, 5.74) is 1.00. The third kappa shape index (κ3) is 6.90. The van der Waals surface area contributed by atoms with E-state index < -0.39 is 12.3 Å². The molecule has 0 amide bonds. The first-order valence-electron chi connectivity index (χ1n) is 10.3. The maximum atomic E-state index is 13.4. The van der Waals surface area contributed by atoms with E-state index >= 15 is 0 Å². The van der Waals surface area contributed by atoms with Crippen LogP contribution < -0.4 is 4.74 Å².